The number of hydrogen-bond donors (Lipinski definition) is 1. The minimum atomic E-state index is -3.87. The van der Waals surface area contributed by atoms with Crippen molar-refractivity contribution in [2.24, 2.45) is 5.92 Å². The maximum absolute atomic E-state index is 13.0. The fourth-order valence-corrected chi connectivity index (χ4v) is 5.14. The summed E-state index contributed by atoms with van der Waals surface area (Å²) in [5.74, 6) is -0.232. The summed E-state index contributed by atoms with van der Waals surface area (Å²) in [5.41, 5.74) is 2.15. The molecule has 9 heteroatoms. The third-order valence-electron chi connectivity index (χ3n) is 5.63. The first-order valence-electron chi connectivity index (χ1n) is 10.1. The van der Waals surface area contributed by atoms with Gasteiger partial charge in [-0.2, -0.15) is 4.31 Å². The molecule has 1 saturated carbocycles. The number of amides is 2. The number of carbonyl (C=O) groups is 2. The van der Waals surface area contributed by atoms with E-state index in [0.29, 0.717) is 17.1 Å². The monoisotopic (exact) mass is 461 g/mol. The largest absolute Gasteiger partial charge is 0.325 e. The molecular weight excluding hydrogens is 438 g/mol. The molecule has 0 aromatic heterocycles. The average molecular weight is 462 g/mol. The van der Waals surface area contributed by atoms with Gasteiger partial charge in [-0.1, -0.05) is 11.6 Å². The molecule has 2 aromatic rings. The smallest absolute Gasteiger partial charge is 0.243 e. The molecule has 0 saturated heterocycles. The molecule has 2 aromatic carbocycles. The topological polar surface area (TPSA) is 86.8 Å². The Bertz CT molecular complexity index is 1130. The molecule has 0 bridgehead atoms. The Kier molecular flexibility index (Phi) is 5.81. The van der Waals surface area contributed by atoms with Gasteiger partial charge < -0.3 is 10.2 Å². The van der Waals surface area contributed by atoms with E-state index in [0.717, 1.165) is 28.4 Å². The summed E-state index contributed by atoms with van der Waals surface area (Å²) in [6.07, 6.45) is 2.46. The zero-order valence-corrected chi connectivity index (χ0v) is 18.9. The second-order valence-corrected chi connectivity index (χ2v) is 10.6. The minimum absolute atomic E-state index is 0.00365. The molecule has 1 fully saturated rings. The van der Waals surface area contributed by atoms with Gasteiger partial charge in [0.15, 0.2) is 0 Å². The number of benzene rings is 2. The maximum Gasteiger partial charge on any atom is 0.243 e. The number of hydrogen-bond acceptors (Lipinski definition) is 4. The first-order chi connectivity index (χ1) is 14.7. The first kappa shape index (κ1) is 21.8. The Morgan fingerprint density at radius 3 is 2.48 bits per heavy atom. The van der Waals surface area contributed by atoms with Crippen LogP contribution in [0.2, 0.25) is 5.02 Å². The van der Waals surface area contributed by atoms with Crippen LogP contribution in [0, 0.1) is 5.92 Å². The van der Waals surface area contributed by atoms with Gasteiger partial charge in [0.05, 0.1) is 11.4 Å². The molecule has 164 valence electrons. The number of nitrogens with one attached hydrogen (secondary N) is 1. The molecule has 1 aliphatic heterocycles. The van der Waals surface area contributed by atoms with Gasteiger partial charge in [0, 0.05) is 35.4 Å². The normalized spacial score (nSPS) is 18.2. The van der Waals surface area contributed by atoms with Gasteiger partial charge in [0.1, 0.15) is 0 Å². The average Bonchev–Trinajstić information content (AvgIpc) is 3.51. The fourth-order valence-electron chi connectivity index (χ4n) is 3.83. The minimum Gasteiger partial charge on any atom is -0.325 e. The quantitative estimate of drug-likeness (QED) is 0.715. The zero-order chi connectivity index (χ0) is 22.3. The Morgan fingerprint density at radius 1 is 1.16 bits per heavy atom. The van der Waals surface area contributed by atoms with Crippen LogP contribution >= 0.6 is 11.6 Å². The number of likely N-dealkylation sites (N-methyl/N-ethyl adjacent to an activating group) is 1. The second-order valence-electron chi connectivity index (χ2n) is 8.14. The lowest BCUT2D eigenvalue weighted by Crippen LogP contribution is -2.36. The lowest BCUT2D eigenvalue weighted by molar-refractivity contribution is -0.120. The van der Waals surface area contributed by atoms with E-state index in [9.17, 15) is 18.0 Å². The van der Waals surface area contributed by atoms with Crippen molar-refractivity contribution in [3.63, 3.8) is 0 Å². The van der Waals surface area contributed by atoms with Crippen LogP contribution in [0.25, 0.3) is 0 Å². The van der Waals surface area contributed by atoms with Crippen LogP contribution in [-0.4, -0.2) is 44.2 Å². The summed E-state index contributed by atoms with van der Waals surface area (Å²) in [6, 6.07) is 11.4. The van der Waals surface area contributed by atoms with Crippen molar-refractivity contribution in [1.29, 1.82) is 0 Å². The molecule has 1 heterocycles. The third-order valence-corrected chi connectivity index (χ3v) is 7.68. The summed E-state index contributed by atoms with van der Waals surface area (Å²) in [5, 5.41) is 3.20. The van der Waals surface area contributed by atoms with Crippen molar-refractivity contribution in [3.05, 3.63) is 53.1 Å². The van der Waals surface area contributed by atoms with Crippen LogP contribution in [-0.2, 0) is 26.0 Å². The van der Waals surface area contributed by atoms with E-state index in [-0.39, 0.29) is 29.3 Å². The summed E-state index contributed by atoms with van der Waals surface area (Å²) in [7, 11) is -2.50. The summed E-state index contributed by atoms with van der Waals surface area (Å²) >= 11 is 5.83. The highest BCUT2D eigenvalue weighted by atomic mass is 35.5. The predicted octanol–water partition coefficient (Wildman–Crippen LogP) is 3.29. The van der Waals surface area contributed by atoms with Crippen LogP contribution < -0.4 is 10.2 Å². The molecule has 0 unspecified atom stereocenters. The van der Waals surface area contributed by atoms with E-state index in [1.807, 2.05) is 6.92 Å². The lowest BCUT2D eigenvalue weighted by Gasteiger charge is -2.23. The van der Waals surface area contributed by atoms with Gasteiger partial charge >= 0.3 is 0 Å². The number of halogens is 1. The molecule has 2 amide bonds. The van der Waals surface area contributed by atoms with Gasteiger partial charge in [-0.25, -0.2) is 8.42 Å². The van der Waals surface area contributed by atoms with Crippen molar-refractivity contribution in [3.8, 4) is 0 Å². The van der Waals surface area contributed by atoms with Crippen LogP contribution in [0.4, 0.5) is 11.4 Å². The molecule has 4 rings (SSSR count). The van der Waals surface area contributed by atoms with Crippen LogP contribution in [0.15, 0.2) is 47.4 Å². The lowest BCUT2D eigenvalue weighted by atomic mass is 10.1. The molecule has 1 aliphatic carbocycles. The summed E-state index contributed by atoms with van der Waals surface area (Å²) in [4.78, 5) is 26.8. The Hall–Kier alpha value is -2.42. The first-order valence-corrected chi connectivity index (χ1v) is 12.0. The van der Waals surface area contributed by atoms with E-state index < -0.39 is 15.9 Å². The summed E-state index contributed by atoms with van der Waals surface area (Å²) in [6.45, 7) is 1.65. The van der Waals surface area contributed by atoms with Gasteiger partial charge in [0.2, 0.25) is 21.8 Å². The number of sulfonamides is 1. The highest BCUT2D eigenvalue weighted by Crippen LogP contribution is 2.39. The maximum atomic E-state index is 13.0. The third kappa shape index (κ3) is 4.46. The Balaban J connectivity index is 1.48. The van der Waals surface area contributed by atoms with Crippen LogP contribution in [0.5, 0.6) is 0 Å². The number of nitrogens with zero attached hydrogens (tertiary/aromatic N) is 2. The van der Waals surface area contributed by atoms with Crippen LogP contribution in [0.1, 0.15) is 25.3 Å². The van der Waals surface area contributed by atoms with Crippen molar-refractivity contribution in [1.82, 2.24) is 4.31 Å². The van der Waals surface area contributed by atoms with E-state index in [2.05, 4.69) is 5.32 Å². The SMILES string of the molecule is C[C@@H]1Cc2cc(S(=O)(=O)N(C)CC(=O)Nc3ccc(Cl)cc3)ccc2N1C(=O)C1CC1. The van der Waals surface area contributed by atoms with Gasteiger partial charge in [-0.15, -0.1) is 0 Å². The second kappa shape index (κ2) is 8.26. The van der Waals surface area contributed by atoms with E-state index >= 15 is 0 Å². The molecule has 1 atom stereocenters. The van der Waals surface area contributed by atoms with Gasteiger partial charge in [0.25, 0.3) is 0 Å². The number of carbonyl (C=O) groups excluding carboxylic acids is 2. The molecular formula is C22H24ClN3O4S. The van der Waals surface area contributed by atoms with E-state index in [1.165, 1.54) is 13.1 Å². The predicted molar refractivity (Wildman–Crippen MR) is 120 cm³/mol. The fraction of sp³-hybridized carbons (Fsp3) is 0.364. The van der Waals surface area contributed by atoms with Crippen molar-refractivity contribution < 1.29 is 18.0 Å². The molecule has 0 spiro atoms. The highest BCUT2D eigenvalue weighted by molar-refractivity contribution is 7.89. The molecule has 0 radical (unpaired) electrons. The number of rotatable bonds is 6. The van der Waals surface area contributed by atoms with Crippen molar-refractivity contribution in [2.75, 3.05) is 23.8 Å². The Labute approximate surface area is 187 Å². The van der Waals surface area contributed by atoms with Crippen LogP contribution in [0.3, 0.4) is 0 Å². The van der Waals surface area contributed by atoms with Gasteiger partial charge in [-0.3, -0.25) is 9.59 Å². The number of fused-ring (bicyclic) bond motifs is 1. The van der Waals surface area contributed by atoms with Crippen molar-refractivity contribution >= 4 is 44.8 Å². The Morgan fingerprint density at radius 2 is 1.84 bits per heavy atom. The van der Waals surface area contributed by atoms with Gasteiger partial charge in [-0.05, 0) is 74.2 Å². The van der Waals surface area contributed by atoms with E-state index in [1.54, 1.807) is 41.3 Å². The molecule has 1 N–H and O–H groups in total. The summed E-state index contributed by atoms with van der Waals surface area (Å²) < 4.78 is 27.1. The molecule has 2 aliphatic rings. The molecule has 31 heavy (non-hydrogen) atoms. The van der Waals surface area contributed by atoms with E-state index in [4.69, 9.17) is 11.6 Å². The highest BCUT2D eigenvalue weighted by Gasteiger charge is 2.40. The zero-order valence-electron chi connectivity index (χ0n) is 17.3. The standard InChI is InChI=1S/C22H24ClN3O4S/c1-14-11-16-12-19(9-10-20(16)26(14)22(28)15-3-4-15)31(29,30)25(2)13-21(27)24-18-7-5-17(23)6-8-18/h5-10,12,14-15H,3-4,11,13H2,1-2H3,(H,24,27)/t14-/m1/s1. The van der Waals surface area contributed by atoms with Crippen molar-refractivity contribution in [2.45, 2.75) is 37.1 Å². The number of anilines is 2. The molecule has 7 nitrogen and oxygen atoms in total.